The second-order valence-corrected chi connectivity index (χ2v) is 5.06. The van der Waals surface area contributed by atoms with Crippen molar-refractivity contribution in [2.45, 2.75) is 39.5 Å². The summed E-state index contributed by atoms with van der Waals surface area (Å²) >= 11 is 0. The van der Waals surface area contributed by atoms with Gasteiger partial charge in [0.2, 0.25) is 0 Å². The number of aryl methyl sites for hydroxylation is 1. The number of hydrogen-bond acceptors (Lipinski definition) is 3. The van der Waals surface area contributed by atoms with Crippen molar-refractivity contribution < 1.29 is 0 Å². The van der Waals surface area contributed by atoms with E-state index in [1.54, 1.807) is 12.4 Å². The van der Waals surface area contributed by atoms with Crippen molar-refractivity contribution >= 4 is 5.82 Å². The highest BCUT2D eigenvalue weighted by Crippen LogP contribution is 2.28. The number of nitrogens with zero attached hydrogens (tertiary/aromatic N) is 2. The molecule has 1 aromatic rings. The zero-order valence-corrected chi connectivity index (χ0v) is 10.2. The van der Waals surface area contributed by atoms with E-state index in [9.17, 15) is 0 Å². The molecule has 1 aromatic heterocycles. The van der Waals surface area contributed by atoms with E-state index >= 15 is 0 Å². The first-order valence-electron chi connectivity index (χ1n) is 6.26. The minimum atomic E-state index is 0.811. The summed E-state index contributed by atoms with van der Waals surface area (Å²) in [4.78, 5) is 8.54. The molecule has 1 N–H and O–H groups in total. The summed E-state index contributed by atoms with van der Waals surface area (Å²) < 4.78 is 0. The standard InChI is InChI=1S/C13H21N3/c1-10-4-3-5-12(6-10)8-15-13-9-14-7-11(2)16-13/h7,9-10,12H,3-6,8H2,1-2H3,(H,15,16). The minimum Gasteiger partial charge on any atom is -0.369 e. The Morgan fingerprint density at radius 1 is 1.38 bits per heavy atom. The normalized spacial score (nSPS) is 25.4. The summed E-state index contributed by atoms with van der Waals surface area (Å²) in [6.07, 6.45) is 9.09. The van der Waals surface area contributed by atoms with E-state index in [1.165, 1.54) is 25.7 Å². The topological polar surface area (TPSA) is 37.8 Å². The SMILES string of the molecule is Cc1cncc(NCC2CCCC(C)C2)n1. The van der Waals surface area contributed by atoms with E-state index in [1.807, 2.05) is 6.92 Å². The molecular formula is C13H21N3. The number of aromatic nitrogens is 2. The van der Waals surface area contributed by atoms with Gasteiger partial charge in [-0.05, 0) is 31.6 Å². The molecule has 1 heterocycles. The molecule has 2 atom stereocenters. The maximum Gasteiger partial charge on any atom is 0.144 e. The van der Waals surface area contributed by atoms with E-state index in [4.69, 9.17) is 0 Å². The summed E-state index contributed by atoms with van der Waals surface area (Å²) in [6.45, 7) is 5.38. The van der Waals surface area contributed by atoms with Gasteiger partial charge in [-0.3, -0.25) is 4.98 Å². The smallest absolute Gasteiger partial charge is 0.144 e. The first kappa shape index (κ1) is 11.4. The van der Waals surface area contributed by atoms with E-state index < -0.39 is 0 Å². The molecule has 0 amide bonds. The largest absolute Gasteiger partial charge is 0.369 e. The highest BCUT2D eigenvalue weighted by atomic mass is 15.0. The van der Waals surface area contributed by atoms with Crippen molar-refractivity contribution in [1.82, 2.24) is 9.97 Å². The lowest BCUT2D eigenvalue weighted by Crippen LogP contribution is -2.21. The van der Waals surface area contributed by atoms with E-state index in [0.717, 1.165) is 29.9 Å². The Kier molecular flexibility index (Phi) is 3.75. The number of hydrogen-bond donors (Lipinski definition) is 1. The van der Waals surface area contributed by atoms with Crippen LogP contribution >= 0.6 is 0 Å². The quantitative estimate of drug-likeness (QED) is 0.849. The third-order valence-electron chi connectivity index (χ3n) is 3.37. The van der Waals surface area contributed by atoms with Gasteiger partial charge < -0.3 is 5.32 Å². The van der Waals surface area contributed by atoms with Gasteiger partial charge in [0.25, 0.3) is 0 Å². The third-order valence-corrected chi connectivity index (χ3v) is 3.37. The summed E-state index contributed by atoms with van der Waals surface area (Å²) in [5, 5.41) is 3.40. The van der Waals surface area contributed by atoms with E-state index in [2.05, 4.69) is 22.2 Å². The molecule has 1 saturated carbocycles. The van der Waals surface area contributed by atoms with Crippen molar-refractivity contribution in [3.63, 3.8) is 0 Å². The van der Waals surface area contributed by atoms with Crippen molar-refractivity contribution in [2.24, 2.45) is 11.8 Å². The Hall–Kier alpha value is -1.12. The van der Waals surface area contributed by atoms with Crippen LogP contribution in [0.2, 0.25) is 0 Å². The average Bonchev–Trinajstić information content (AvgIpc) is 2.27. The second-order valence-electron chi connectivity index (χ2n) is 5.06. The first-order chi connectivity index (χ1) is 7.74. The lowest BCUT2D eigenvalue weighted by Gasteiger charge is -2.26. The van der Waals surface area contributed by atoms with Crippen molar-refractivity contribution in [2.75, 3.05) is 11.9 Å². The predicted molar refractivity (Wildman–Crippen MR) is 66.4 cm³/mol. The van der Waals surface area contributed by atoms with E-state index in [-0.39, 0.29) is 0 Å². The molecular weight excluding hydrogens is 198 g/mol. The fourth-order valence-electron chi connectivity index (χ4n) is 2.54. The van der Waals surface area contributed by atoms with Crippen LogP contribution in [-0.2, 0) is 0 Å². The predicted octanol–water partition coefficient (Wildman–Crippen LogP) is 3.02. The highest BCUT2D eigenvalue weighted by Gasteiger charge is 2.18. The molecule has 0 aromatic carbocycles. The van der Waals surface area contributed by atoms with Gasteiger partial charge in [0.05, 0.1) is 11.9 Å². The molecule has 3 heteroatoms. The lowest BCUT2D eigenvalue weighted by molar-refractivity contribution is 0.293. The van der Waals surface area contributed by atoms with Gasteiger partial charge in [0.1, 0.15) is 5.82 Å². The minimum absolute atomic E-state index is 0.811. The summed E-state index contributed by atoms with van der Waals surface area (Å²) in [5.41, 5.74) is 0.974. The van der Waals surface area contributed by atoms with Gasteiger partial charge in [0, 0.05) is 12.7 Å². The molecule has 0 spiro atoms. The Labute approximate surface area is 97.7 Å². The average molecular weight is 219 g/mol. The molecule has 1 aliphatic rings. The van der Waals surface area contributed by atoms with Gasteiger partial charge in [-0.25, -0.2) is 4.98 Å². The van der Waals surface area contributed by atoms with E-state index in [0.29, 0.717) is 0 Å². The van der Waals surface area contributed by atoms with Gasteiger partial charge in [0.15, 0.2) is 0 Å². The van der Waals surface area contributed by atoms with Crippen LogP contribution in [0.4, 0.5) is 5.82 Å². The number of anilines is 1. The Bertz CT molecular complexity index is 338. The van der Waals surface area contributed by atoms with Crippen LogP contribution in [0.1, 0.15) is 38.3 Å². The van der Waals surface area contributed by atoms with Gasteiger partial charge >= 0.3 is 0 Å². The molecule has 2 rings (SSSR count). The van der Waals surface area contributed by atoms with Gasteiger partial charge in [-0.15, -0.1) is 0 Å². The molecule has 88 valence electrons. The van der Waals surface area contributed by atoms with Crippen LogP contribution in [0.3, 0.4) is 0 Å². The summed E-state index contributed by atoms with van der Waals surface area (Å²) in [5.74, 6) is 2.62. The lowest BCUT2D eigenvalue weighted by atomic mass is 9.82. The Balaban J connectivity index is 1.82. The van der Waals surface area contributed by atoms with Crippen LogP contribution in [0.5, 0.6) is 0 Å². The molecule has 0 aliphatic heterocycles. The second kappa shape index (κ2) is 5.28. The van der Waals surface area contributed by atoms with Crippen molar-refractivity contribution in [3.8, 4) is 0 Å². The van der Waals surface area contributed by atoms with Gasteiger partial charge in [-0.1, -0.05) is 19.8 Å². The highest BCUT2D eigenvalue weighted by molar-refractivity contribution is 5.31. The fraction of sp³-hybridized carbons (Fsp3) is 0.692. The first-order valence-corrected chi connectivity index (χ1v) is 6.26. The Morgan fingerprint density at radius 2 is 2.25 bits per heavy atom. The number of rotatable bonds is 3. The molecule has 16 heavy (non-hydrogen) atoms. The van der Waals surface area contributed by atoms with Crippen LogP contribution in [0, 0.1) is 18.8 Å². The molecule has 1 fully saturated rings. The molecule has 1 aliphatic carbocycles. The van der Waals surface area contributed by atoms with Crippen LogP contribution in [0.25, 0.3) is 0 Å². The Morgan fingerprint density at radius 3 is 3.00 bits per heavy atom. The third kappa shape index (κ3) is 3.19. The zero-order valence-electron chi connectivity index (χ0n) is 10.2. The van der Waals surface area contributed by atoms with Crippen molar-refractivity contribution in [3.05, 3.63) is 18.1 Å². The van der Waals surface area contributed by atoms with Crippen LogP contribution < -0.4 is 5.32 Å². The van der Waals surface area contributed by atoms with Crippen molar-refractivity contribution in [1.29, 1.82) is 0 Å². The maximum atomic E-state index is 4.40. The monoisotopic (exact) mass is 219 g/mol. The number of nitrogens with one attached hydrogen (secondary N) is 1. The summed E-state index contributed by atoms with van der Waals surface area (Å²) in [6, 6.07) is 0. The maximum absolute atomic E-state index is 4.40. The molecule has 0 radical (unpaired) electrons. The van der Waals surface area contributed by atoms with Gasteiger partial charge in [-0.2, -0.15) is 0 Å². The van der Waals surface area contributed by atoms with Crippen LogP contribution in [-0.4, -0.2) is 16.5 Å². The fourth-order valence-corrected chi connectivity index (χ4v) is 2.54. The molecule has 3 nitrogen and oxygen atoms in total. The van der Waals surface area contributed by atoms with Crippen LogP contribution in [0.15, 0.2) is 12.4 Å². The molecule has 0 bridgehead atoms. The molecule has 2 unspecified atom stereocenters. The molecule has 0 saturated heterocycles. The zero-order chi connectivity index (χ0) is 11.4. The summed E-state index contributed by atoms with van der Waals surface area (Å²) in [7, 11) is 0.